The van der Waals surface area contributed by atoms with Crippen LogP contribution in [0.1, 0.15) is 5.56 Å². The Morgan fingerprint density at radius 1 is 1.05 bits per heavy atom. The molecule has 0 aliphatic carbocycles. The van der Waals surface area contributed by atoms with Crippen LogP contribution in [0.5, 0.6) is 0 Å². The van der Waals surface area contributed by atoms with E-state index in [-0.39, 0.29) is 6.54 Å². The molecule has 0 unspecified atom stereocenters. The zero-order valence-corrected chi connectivity index (χ0v) is 13.2. The van der Waals surface area contributed by atoms with Gasteiger partial charge < -0.3 is 4.90 Å². The number of benzene rings is 1. The van der Waals surface area contributed by atoms with Crippen LogP contribution < -0.4 is 0 Å². The van der Waals surface area contributed by atoms with Crippen molar-refractivity contribution in [1.29, 1.82) is 0 Å². The molecule has 0 radical (unpaired) electrons. The second kappa shape index (κ2) is 7.12. The molecule has 7 heteroatoms. The van der Waals surface area contributed by atoms with Gasteiger partial charge >= 0.3 is 0 Å². The Morgan fingerprint density at radius 2 is 1.65 bits per heavy atom. The molecular weight excluding hydrogens is 281 g/mol. The fourth-order valence-electron chi connectivity index (χ4n) is 1.64. The van der Waals surface area contributed by atoms with Crippen LogP contribution in [0.2, 0.25) is 0 Å². The fraction of sp³-hybridized carbons (Fsp3) is 0.538. The summed E-state index contributed by atoms with van der Waals surface area (Å²) < 4.78 is 40.7. The maximum atomic E-state index is 13.7. The molecule has 0 saturated carbocycles. The van der Waals surface area contributed by atoms with Crippen LogP contribution in [0, 0.1) is 5.82 Å². The van der Waals surface area contributed by atoms with Crippen molar-refractivity contribution < 1.29 is 12.8 Å². The Balaban J connectivity index is 2.97. The molecule has 0 fully saturated rings. The predicted octanol–water partition coefficient (Wildman–Crippen LogP) is 0.996. The van der Waals surface area contributed by atoms with Crippen LogP contribution >= 0.6 is 0 Å². The van der Waals surface area contributed by atoms with Crippen LogP contribution in [0.25, 0.3) is 0 Å². The van der Waals surface area contributed by atoms with Crippen molar-refractivity contribution in [2.45, 2.75) is 6.54 Å². The first-order chi connectivity index (χ1) is 9.25. The van der Waals surface area contributed by atoms with E-state index in [2.05, 4.69) is 0 Å². The standard InChI is InChI=1S/C13H22FN3O2S/c1-15(2)9-10-17(20(18,19)16(3)4)11-12-7-5-6-8-13(12)14/h5-8H,9-11H2,1-4H3. The van der Waals surface area contributed by atoms with Gasteiger partial charge in [0, 0.05) is 39.3 Å². The smallest absolute Gasteiger partial charge is 0.281 e. The molecule has 0 heterocycles. The second-order valence-corrected chi connectivity index (χ2v) is 7.16. The van der Waals surface area contributed by atoms with E-state index in [0.29, 0.717) is 18.7 Å². The SMILES string of the molecule is CN(C)CCN(Cc1ccccc1F)S(=O)(=O)N(C)C. The number of rotatable bonds is 7. The molecule has 1 aromatic carbocycles. The number of hydrogen-bond donors (Lipinski definition) is 0. The zero-order valence-electron chi connectivity index (χ0n) is 12.4. The maximum Gasteiger partial charge on any atom is 0.281 e. The lowest BCUT2D eigenvalue weighted by Crippen LogP contribution is -2.42. The van der Waals surface area contributed by atoms with Crippen molar-refractivity contribution in [3.05, 3.63) is 35.6 Å². The van der Waals surface area contributed by atoms with Crippen LogP contribution in [0.4, 0.5) is 4.39 Å². The first-order valence-electron chi connectivity index (χ1n) is 6.31. The summed E-state index contributed by atoms with van der Waals surface area (Å²) in [6.45, 7) is 0.907. The average Bonchev–Trinajstić information content (AvgIpc) is 2.35. The second-order valence-electron chi connectivity index (χ2n) is 5.02. The molecule has 0 N–H and O–H groups in total. The van der Waals surface area contributed by atoms with Gasteiger partial charge in [0.1, 0.15) is 5.82 Å². The summed E-state index contributed by atoms with van der Waals surface area (Å²) in [6.07, 6.45) is 0. The molecule has 0 amide bonds. The highest BCUT2D eigenvalue weighted by atomic mass is 32.2. The molecule has 0 saturated heterocycles. The van der Waals surface area contributed by atoms with E-state index in [1.54, 1.807) is 18.2 Å². The molecule has 5 nitrogen and oxygen atoms in total. The van der Waals surface area contributed by atoms with Gasteiger partial charge in [0.15, 0.2) is 0 Å². The van der Waals surface area contributed by atoms with Crippen molar-refractivity contribution in [2.75, 3.05) is 41.3 Å². The van der Waals surface area contributed by atoms with E-state index >= 15 is 0 Å². The minimum atomic E-state index is -3.58. The van der Waals surface area contributed by atoms with Crippen molar-refractivity contribution >= 4 is 10.2 Å². The van der Waals surface area contributed by atoms with Crippen molar-refractivity contribution in [1.82, 2.24) is 13.5 Å². The Bertz CT molecular complexity index is 532. The molecular formula is C13H22FN3O2S. The monoisotopic (exact) mass is 303 g/mol. The average molecular weight is 303 g/mol. The lowest BCUT2D eigenvalue weighted by molar-refractivity contribution is 0.312. The van der Waals surface area contributed by atoms with Crippen LogP contribution in [0.15, 0.2) is 24.3 Å². The molecule has 1 rings (SSSR count). The summed E-state index contributed by atoms with van der Waals surface area (Å²) in [5, 5.41) is 0. The molecule has 0 aliphatic rings. The first-order valence-corrected chi connectivity index (χ1v) is 7.70. The van der Waals surface area contributed by atoms with Gasteiger partial charge in [-0.1, -0.05) is 18.2 Å². The highest BCUT2D eigenvalue weighted by Gasteiger charge is 2.25. The molecule has 0 bridgehead atoms. The summed E-state index contributed by atoms with van der Waals surface area (Å²) in [6, 6.07) is 6.22. The quantitative estimate of drug-likeness (QED) is 0.755. The number of nitrogens with zero attached hydrogens (tertiary/aromatic N) is 3. The molecule has 0 aliphatic heterocycles. The first kappa shape index (κ1) is 17.0. The topological polar surface area (TPSA) is 43.9 Å². The maximum absolute atomic E-state index is 13.7. The number of likely N-dealkylation sites (N-methyl/N-ethyl adjacent to an activating group) is 1. The highest BCUT2D eigenvalue weighted by molar-refractivity contribution is 7.86. The lowest BCUT2D eigenvalue weighted by atomic mass is 10.2. The Hall–Kier alpha value is -1.02. The van der Waals surface area contributed by atoms with Gasteiger partial charge in [0.2, 0.25) is 0 Å². The van der Waals surface area contributed by atoms with Crippen molar-refractivity contribution in [3.8, 4) is 0 Å². The van der Waals surface area contributed by atoms with Gasteiger partial charge in [0.05, 0.1) is 0 Å². The molecule has 1 aromatic rings. The lowest BCUT2D eigenvalue weighted by Gasteiger charge is -2.26. The summed E-state index contributed by atoms with van der Waals surface area (Å²) in [7, 11) is 3.10. The van der Waals surface area contributed by atoms with Gasteiger partial charge in [-0.25, -0.2) is 4.39 Å². The molecule has 0 spiro atoms. The van der Waals surface area contributed by atoms with Gasteiger partial charge in [-0.2, -0.15) is 17.0 Å². The predicted molar refractivity (Wildman–Crippen MR) is 78.0 cm³/mol. The van der Waals surface area contributed by atoms with Crippen LogP contribution in [-0.4, -0.2) is 63.2 Å². The van der Waals surface area contributed by atoms with Crippen LogP contribution in [-0.2, 0) is 16.8 Å². The molecule has 0 aromatic heterocycles. The minimum absolute atomic E-state index is 0.0288. The minimum Gasteiger partial charge on any atom is -0.308 e. The third-order valence-electron chi connectivity index (χ3n) is 2.89. The zero-order chi connectivity index (χ0) is 15.3. The molecule has 114 valence electrons. The number of halogens is 1. The van der Waals surface area contributed by atoms with E-state index in [1.165, 1.54) is 24.5 Å². The van der Waals surface area contributed by atoms with E-state index in [9.17, 15) is 12.8 Å². The number of hydrogen-bond acceptors (Lipinski definition) is 3. The normalized spacial score (nSPS) is 12.6. The van der Waals surface area contributed by atoms with Crippen molar-refractivity contribution in [2.24, 2.45) is 0 Å². The van der Waals surface area contributed by atoms with Gasteiger partial charge in [-0.15, -0.1) is 0 Å². The summed E-state index contributed by atoms with van der Waals surface area (Å²) in [5.74, 6) is -0.392. The summed E-state index contributed by atoms with van der Waals surface area (Å²) >= 11 is 0. The van der Waals surface area contributed by atoms with Gasteiger partial charge in [-0.3, -0.25) is 0 Å². The van der Waals surface area contributed by atoms with E-state index in [4.69, 9.17) is 0 Å². The van der Waals surface area contributed by atoms with Crippen LogP contribution in [0.3, 0.4) is 0 Å². The third kappa shape index (κ3) is 4.52. The fourth-order valence-corrected chi connectivity index (χ4v) is 2.71. The van der Waals surface area contributed by atoms with E-state index in [0.717, 1.165) is 4.31 Å². The summed E-state index contributed by atoms with van der Waals surface area (Å²) in [4.78, 5) is 1.89. The van der Waals surface area contributed by atoms with E-state index in [1.807, 2.05) is 19.0 Å². The highest BCUT2D eigenvalue weighted by Crippen LogP contribution is 2.14. The van der Waals surface area contributed by atoms with Gasteiger partial charge in [0.25, 0.3) is 10.2 Å². The third-order valence-corrected chi connectivity index (χ3v) is 4.78. The summed E-state index contributed by atoms with van der Waals surface area (Å²) in [5.41, 5.74) is 0.372. The molecule has 0 atom stereocenters. The van der Waals surface area contributed by atoms with E-state index < -0.39 is 16.0 Å². The Morgan fingerprint density at radius 3 is 2.15 bits per heavy atom. The van der Waals surface area contributed by atoms with Crippen molar-refractivity contribution in [3.63, 3.8) is 0 Å². The Labute approximate surface area is 120 Å². The Kier molecular flexibility index (Phi) is 6.07. The largest absolute Gasteiger partial charge is 0.308 e. The van der Waals surface area contributed by atoms with Gasteiger partial charge in [-0.05, 0) is 20.2 Å². The molecule has 20 heavy (non-hydrogen) atoms.